The van der Waals surface area contributed by atoms with Crippen LogP contribution in [0, 0.1) is 3.57 Å². The Morgan fingerprint density at radius 3 is 2.71 bits per heavy atom. The molecule has 1 aromatic heterocycles. The summed E-state index contributed by atoms with van der Waals surface area (Å²) in [6, 6.07) is 5.65. The van der Waals surface area contributed by atoms with E-state index in [9.17, 15) is 0 Å². The van der Waals surface area contributed by atoms with Gasteiger partial charge in [-0.2, -0.15) is 0 Å². The third kappa shape index (κ3) is 2.26. The van der Waals surface area contributed by atoms with Crippen molar-refractivity contribution in [2.45, 2.75) is 0 Å². The molecule has 1 aliphatic heterocycles. The summed E-state index contributed by atoms with van der Waals surface area (Å²) in [5, 5.41) is 0. The molecule has 6 heteroatoms. The van der Waals surface area contributed by atoms with Crippen LogP contribution in [-0.2, 0) is 0 Å². The molecule has 0 N–H and O–H groups in total. The van der Waals surface area contributed by atoms with Crippen LogP contribution < -0.4 is 14.2 Å². The molecular weight excluding hydrogens is 335 g/mol. The minimum Gasteiger partial charge on any atom is -0.454 e. The van der Waals surface area contributed by atoms with Crippen molar-refractivity contribution < 1.29 is 14.2 Å². The van der Waals surface area contributed by atoms with Gasteiger partial charge < -0.3 is 14.2 Å². The Morgan fingerprint density at radius 1 is 1.12 bits per heavy atom. The van der Waals surface area contributed by atoms with Gasteiger partial charge in [-0.15, -0.1) is 0 Å². The lowest BCUT2D eigenvalue weighted by atomic mass is 10.3. The summed E-state index contributed by atoms with van der Waals surface area (Å²) in [6.07, 6.45) is 3.38. The summed E-state index contributed by atoms with van der Waals surface area (Å²) in [5.41, 5.74) is 0. The number of benzene rings is 1. The molecule has 0 saturated heterocycles. The summed E-state index contributed by atoms with van der Waals surface area (Å²) in [4.78, 5) is 8.11. The van der Waals surface area contributed by atoms with Crippen LogP contribution in [0.1, 0.15) is 0 Å². The zero-order valence-electron chi connectivity index (χ0n) is 8.59. The molecule has 86 valence electrons. The minimum absolute atomic E-state index is 0.249. The lowest BCUT2D eigenvalue weighted by Gasteiger charge is -2.04. The van der Waals surface area contributed by atoms with Crippen molar-refractivity contribution in [1.82, 2.24) is 9.97 Å². The Balaban J connectivity index is 1.83. The van der Waals surface area contributed by atoms with Crippen LogP contribution in [0.4, 0.5) is 0 Å². The quantitative estimate of drug-likeness (QED) is 0.786. The van der Waals surface area contributed by atoms with Crippen LogP contribution in [0.25, 0.3) is 0 Å². The summed E-state index contributed by atoms with van der Waals surface area (Å²) < 4.78 is 16.9. The van der Waals surface area contributed by atoms with Crippen LogP contribution >= 0.6 is 22.6 Å². The van der Waals surface area contributed by atoms with Crippen LogP contribution in [0.2, 0.25) is 0 Å². The van der Waals surface area contributed by atoms with Crippen molar-refractivity contribution in [1.29, 1.82) is 0 Å². The second-order valence-corrected chi connectivity index (χ2v) is 4.55. The second-order valence-electron chi connectivity index (χ2n) is 3.30. The first-order chi connectivity index (χ1) is 8.31. The summed E-state index contributed by atoms with van der Waals surface area (Å²) in [5.74, 6) is 2.02. The SMILES string of the molecule is Ic1cnc(Oc2ccc3c(c2)OCO3)nc1. The number of rotatable bonds is 2. The lowest BCUT2D eigenvalue weighted by Crippen LogP contribution is -1.93. The highest BCUT2D eigenvalue weighted by Gasteiger charge is 2.14. The molecule has 1 aromatic carbocycles. The fraction of sp³-hybridized carbons (Fsp3) is 0.0909. The molecule has 17 heavy (non-hydrogen) atoms. The van der Waals surface area contributed by atoms with Crippen molar-refractivity contribution >= 4 is 22.6 Å². The maximum atomic E-state index is 5.50. The molecule has 0 saturated carbocycles. The molecule has 0 atom stereocenters. The molecule has 0 amide bonds. The van der Waals surface area contributed by atoms with Gasteiger partial charge in [0.05, 0.1) is 0 Å². The van der Waals surface area contributed by atoms with E-state index in [1.54, 1.807) is 30.6 Å². The first-order valence-electron chi connectivity index (χ1n) is 4.86. The van der Waals surface area contributed by atoms with Crippen LogP contribution in [0.5, 0.6) is 23.3 Å². The Kier molecular flexibility index (Phi) is 2.71. The van der Waals surface area contributed by atoms with Gasteiger partial charge in [0.15, 0.2) is 11.5 Å². The van der Waals surface area contributed by atoms with Gasteiger partial charge in [0.25, 0.3) is 0 Å². The third-order valence-corrected chi connectivity index (χ3v) is 2.71. The third-order valence-electron chi connectivity index (χ3n) is 2.15. The van der Waals surface area contributed by atoms with Crippen molar-refractivity contribution in [3.8, 4) is 23.3 Å². The molecule has 0 aliphatic carbocycles. The highest BCUT2D eigenvalue weighted by molar-refractivity contribution is 14.1. The molecule has 2 aromatic rings. The predicted octanol–water partition coefficient (Wildman–Crippen LogP) is 2.60. The fourth-order valence-electron chi connectivity index (χ4n) is 1.40. The topological polar surface area (TPSA) is 53.5 Å². The van der Waals surface area contributed by atoms with E-state index in [0.717, 1.165) is 9.32 Å². The van der Waals surface area contributed by atoms with Crippen molar-refractivity contribution in [3.05, 3.63) is 34.2 Å². The van der Waals surface area contributed by atoms with E-state index in [2.05, 4.69) is 32.6 Å². The van der Waals surface area contributed by atoms with E-state index in [4.69, 9.17) is 14.2 Å². The fourth-order valence-corrected chi connectivity index (χ4v) is 1.68. The van der Waals surface area contributed by atoms with Gasteiger partial charge in [-0.3, -0.25) is 0 Å². The van der Waals surface area contributed by atoms with Crippen LogP contribution in [0.3, 0.4) is 0 Å². The maximum Gasteiger partial charge on any atom is 0.321 e. The minimum atomic E-state index is 0.249. The van der Waals surface area contributed by atoms with Gasteiger partial charge in [0.2, 0.25) is 6.79 Å². The number of ether oxygens (including phenoxy) is 3. The highest BCUT2D eigenvalue weighted by Crippen LogP contribution is 2.35. The number of aromatic nitrogens is 2. The Morgan fingerprint density at radius 2 is 1.88 bits per heavy atom. The molecule has 2 heterocycles. The molecule has 1 aliphatic rings. The van der Waals surface area contributed by atoms with E-state index in [1.165, 1.54) is 0 Å². The summed E-state index contributed by atoms with van der Waals surface area (Å²) in [7, 11) is 0. The Labute approximate surface area is 111 Å². The largest absolute Gasteiger partial charge is 0.454 e. The van der Waals surface area contributed by atoms with Gasteiger partial charge in [-0.25, -0.2) is 9.97 Å². The van der Waals surface area contributed by atoms with E-state index >= 15 is 0 Å². The summed E-state index contributed by atoms with van der Waals surface area (Å²) in [6.45, 7) is 0.249. The maximum absolute atomic E-state index is 5.50. The number of nitrogens with zero attached hydrogens (tertiary/aromatic N) is 2. The monoisotopic (exact) mass is 342 g/mol. The van der Waals surface area contributed by atoms with Crippen molar-refractivity contribution in [2.24, 2.45) is 0 Å². The van der Waals surface area contributed by atoms with Gasteiger partial charge in [-0.1, -0.05) is 0 Å². The molecule has 0 radical (unpaired) electrons. The van der Waals surface area contributed by atoms with Crippen molar-refractivity contribution in [3.63, 3.8) is 0 Å². The average molecular weight is 342 g/mol. The zero-order valence-corrected chi connectivity index (χ0v) is 10.7. The highest BCUT2D eigenvalue weighted by atomic mass is 127. The van der Waals surface area contributed by atoms with Gasteiger partial charge in [-0.05, 0) is 34.7 Å². The molecule has 0 spiro atoms. The Hall–Kier alpha value is -1.57. The number of halogens is 1. The van der Waals surface area contributed by atoms with Crippen LogP contribution in [-0.4, -0.2) is 16.8 Å². The standard InChI is InChI=1S/C11H7IN2O3/c12-7-4-13-11(14-5-7)17-8-1-2-9-10(3-8)16-6-15-9/h1-5H,6H2. The molecular formula is C11H7IN2O3. The van der Waals surface area contributed by atoms with E-state index in [-0.39, 0.29) is 6.79 Å². The molecule has 0 bridgehead atoms. The Bertz CT molecular complexity index is 545. The predicted molar refractivity (Wildman–Crippen MR) is 67.4 cm³/mol. The first-order valence-corrected chi connectivity index (χ1v) is 5.94. The molecule has 0 fully saturated rings. The van der Waals surface area contributed by atoms with Gasteiger partial charge >= 0.3 is 6.01 Å². The van der Waals surface area contributed by atoms with E-state index in [0.29, 0.717) is 17.5 Å². The van der Waals surface area contributed by atoms with Crippen molar-refractivity contribution in [2.75, 3.05) is 6.79 Å². The average Bonchev–Trinajstić information content (AvgIpc) is 2.79. The van der Waals surface area contributed by atoms with Gasteiger partial charge in [0.1, 0.15) is 5.75 Å². The van der Waals surface area contributed by atoms with Gasteiger partial charge in [0, 0.05) is 22.0 Å². The zero-order chi connectivity index (χ0) is 11.7. The normalized spacial score (nSPS) is 12.5. The molecule has 5 nitrogen and oxygen atoms in total. The van der Waals surface area contributed by atoms with Crippen LogP contribution in [0.15, 0.2) is 30.6 Å². The van der Waals surface area contributed by atoms with E-state index in [1.807, 2.05) is 0 Å². The smallest absolute Gasteiger partial charge is 0.321 e. The first kappa shape index (κ1) is 10.6. The lowest BCUT2D eigenvalue weighted by molar-refractivity contribution is 0.174. The number of fused-ring (bicyclic) bond motifs is 1. The number of hydrogen-bond donors (Lipinski definition) is 0. The van der Waals surface area contributed by atoms with E-state index < -0.39 is 0 Å². The molecule has 3 rings (SSSR count). The second kappa shape index (κ2) is 4.36. The summed E-state index contributed by atoms with van der Waals surface area (Å²) >= 11 is 2.13. The molecule has 0 unspecified atom stereocenters. The number of hydrogen-bond acceptors (Lipinski definition) is 5.